The van der Waals surface area contributed by atoms with E-state index in [1.165, 1.54) is 11.8 Å². The number of hydrogen-bond acceptors (Lipinski definition) is 5. The minimum atomic E-state index is 0.356. The summed E-state index contributed by atoms with van der Waals surface area (Å²) in [4.78, 5) is 10.1. The summed E-state index contributed by atoms with van der Waals surface area (Å²) in [6.07, 6.45) is 2.54. The van der Waals surface area contributed by atoms with Crippen molar-refractivity contribution in [2.45, 2.75) is 6.92 Å². The van der Waals surface area contributed by atoms with Crippen LogP contribution in [0.15, 0.2) is 22.5 Å². The van der Waals surface area contributed by atoms with Gasteiger partial charge in [-0.2, -0.15) is 0 Å². The fourth-order valence-electron chi connectivity index (χ4n) is 0.696. The van der Waals surface area contributed by atoms with Crippen LogP contribution in [0.3, 0.4) is 0 Å². The zero-order valence-electron chi connectivity index (χ0n) is 7.83. The summed E-state index contributed by atoms with van der Waals surface area (Å²) in [6, 6.07) is 0. The van der Waals surface area contributed by atoms with Gasteiger partial charge in [0.15, 0.2) is 0 Å². The maximum Gasteiger partial charge on any atom is 0.130 e. The molecule has 0 saturated heterocycles. The normalized spacial score (nSPS) is 13.5. The second-order valence-corrected chi connectivity index (χ2v) is 3.46. The summed E-state index contributed by atoms with van der Waals surface area (Å²) >= 11 is 1.28. The molecule has 74 valence electrons. The van der Waals surface area contributed by atoms with Gasteiger partial charge >= 0.3 is 0 Å². The Morgan fingerprint density at radius 1 is 1.54 bits per heavy atom. The highest BCUT2D eigenvalue weighted by Gasteiger charge is 1.98. The molecule has 0 atom stereocenters. The van der Waals surface area contributed by atoms with E-state index in [9.17, 15) is 4.79 Å². The second kappa shape index (κ2) is 6.42. The molecule has 0 heterocycles. The second-order valence-electron chi connectivity index (χ2n) is 2.39. The summed E-state index contributed by atoms with van der Waals surface area (Å²) in [5.74, 6) is 0.356. The fraction of sp³-hybridized carbons (Fsp3) is 0.375. The van der Waals surface area contributed by atoms with E-state index in [0.717, 1.165) is 12.0 Å². The summed E-state index contributed by atoms with van der Waals surface area (Å²) < 4.78 is 0. The lowest BCUT2D eigenvalue weighted by Crippen LogP contribution is -2.12. The molecule has 13 heavy (non-hydrogen) atoms. The first kappa shape index (κ1) is 11.9. The Labute approximate surface area is 82.4 Å². The van der Waals surface area contributed by atoms with Crippen molar-refractivity contribution in [2.24, 2.45) is 11.5 Å². The lowest BCUT2D eigenvalue weighted by Gasteiger charge is -2.06. The average Bonchev–Trinajstić information content (AvgIpc) is 2.09. The molecule has 0 rings (SSSR count). The first-order valence-corrected chi connectivity index (χ1v) is 4.78. The van der Waals surface area contributed by atoms with Crippen LogP contribution in [0.4, 0.5) is 0 Å². The Morgan fingerprint density at radius 3 is 2.54 bits per heavy atom. The van der Waals surface area contributed by atoms with Gasteiger partial charge in [0.1, 0.15) is 6.29 Å². The van der Waals surface area contributed by atoms with Gasteiger partial charge in [0, 0.05) is 12.7 Å². The van der Waals surface area contributed by atoms with Gasteiger partial charge in [0.05, 0.1) is 16.5 Å². The van der Waals surface area contributed by atoms with Crippen molar-refractivity contribution in [1.82, 2.24) is 5.32 Å². The number of rotatable bonds is 5. The van der Waals surface area contributed by atoms with Crippen LogP contribution in [-0.4, -0.2) is 19.1 Å². The molecule has 0 saturated carbocycles. The number of thioether (sulfide) groups is 1. The largest absolute Gasteiger partial charge is 0.402 e. The first-order valence-electron chi connectivity index (χ1n) is 3.79. The van der Waals surface area contributed by atoms with Crippen LogP contribution in [0.2, 0.25) is 0 Å². The van der Waals surface area contributed by atoms with E-state index in [1.807, 2.05) is 0 Å². The average molecular weight is 201 g/mol. The summed E-state index contributed by atoms with van der Waals surface area (Å²) in [6.45, 7) is 1.77. The highest BCUT2D eigenvalue weighted by atomic mass is 32.2. The van der Waals surface area contributed by atoms with Crippen molar-refractivity contribution in [3.05, 3.63) is 22.5 Å². The third kappa shape index (κ3) is 5.19. The van der Waals surface area contributed by atoms with Crippen LogP contribution >= 0.6 is 11.8 Å². The molecule has 0 aromatic rings. The number of aldehydes is 1. The number of nitrogens with two attached hydrogens (primary N) is 2. The maximum atomic E-state index is 10.1. The third-order valence-electron chi connectivity index (χ3n) is 1.21. The van der Waals surface area contributed by atoms with Crippen LogP contribution in [0.25, 0.3) is 0 Å². The molecule has 0 aliphatic carbocycles. The van der Waals surface area contributed by atoms with Crippen LogP contribution in [0, 0.1) is 0 Å². The van der Waals surface area contributed by atoms with Gasteiger partial charge in [-0.15, -0.1) is 0 Å². The SMILES string of the molecule is CNC(/C=C(/C)N)=C(/N)SCC=O. The van der Waals surface area contributed by atoms with Crippen LogP contribution in [0.1, 0.15) is 6.92 Å². The molecule has 0 unspecified atom stereocenters. The molecule has 0 aromatic heterocycles. The van der Waals surface area contributed by atoms with Gasteiger partial charge in [-0.05, 0) is 13.0 Å². The van der Waals surface area contributed by atoms with Gasteiger partial charge in [-0.1, -0.05) is 11.8 Å². The molecule has 0 spiro atoms. The molecule has 5 N–H and O–H groups in total. The number of carbonyl (C=O) groups excluding carboxylic acids is 1. The maximum absolute atomic E-state index is 10.1. The Morgan fingerprint density at radius 2 is 2.15 bits per heavy atom. The standard InChI is InChI=1S/C8H15N3OS/c1-6(9)5-7(11-2)8(10)13-4-3-12/h3,5,11H,4,9-10H2,1-2H3/b6-5-,8-7-. The first-order chi connectivity index (χ1) is 6.11. The molecule has 4 nitrogen and oxygen atoms in total. The summed E-state index contributed by atoms with van der Waals surface area (Å²) in [7, 11) is 1.75. The Kier molecular flexibility index (Phi) is 5.88. The van der Waals surface area contributed by atoms with E-state index in [2.05, 4.69) is 5.32 Å². The molecule has 0 radical (unpaired) electrons. The summed E-state index contributed by atoms with van der Waals surface area (Å²) in [5, 5.41) is 3.47. The highest BCUT2D eigenvalue weighted by molar-refractivity contribution is 8.03. The van der Waals surface area contributed by atoms with Crippen LogP contribution in [-0.2, 0) is 4.79 Å². The van der Waals surface area contributed by atoms with Gasteiger partial charge in [0.25, 0.3) is 0 Å². The van der Waals surface area contributed by atoms with Crippen molar-refractivity contribution >= 4 is 18.0 Å². The summed E-state index contributed by atoms with van der Waals surface area (Å²) in [5.41, 5.74) is 12.6. The molecule has 0 aromatic carbocycles. The Bertz CT molecular complexity index is 232. The molecule has 0 bridgehead atoms. The van der Waals surface area contributed by atoms with Gasteiger partial charge in [0.2, 0.25) is 0 Å². The Balaban J connectivity index is 4.48. The lowest BCUT2D eigenvalue weighted by atomic mass is 10.3. The number of hydrogen-bond donors (Lipinski definition) is 3. The van der Waals surface area contributed by atoms with Gasteiger partial charge < -0.3 is 21.6 Å². The molecule has 0 fully saturated rings. The number of nitrogens with one attached hydrogen (secondary N) is 1. The zero-order valence-corrected chi connectivity index (χ0v) is 8.65. The van der Waals surface area contributed by atoms with E-state index >= 15 is 0 Å². The van der Waals surface area contributed by atoms with E-state index in [-0.39, 0.29) is 0 Å². The number of likely N-dealkylation sites (N-methyl/N-ethyl adjacent to an activating group) is 1. The van der Waals surface area contributed by atoms with Crippen molar-refractivity contribution in [3.8, 4) is 0 Å². The predicted molar refractivity (Wildman–Crippen MR) is 56.7 cm³/mol. The van der Waals surface area contributed by atoms with Crippen LogP contribution in [0.5, 0.6) is 0 Å². The fourth-order valence-corrected chi connectivity index (χ4v) is 1.26. The topological polar surface area (TPSA) is 81.1 Å². The van der Waals surface area contributed by atoms with E-state index < -0.39 is 0 Å². The zero-order chi connectivity index (χ0) is 10.3. The molecular weight excluding hydrogens is 186 g/mol. The van der Waals surface area contributed by atoms with Crippen molar-refractivity contribution in [2.75, 3.05) is 12.8 Å². The van der Waals surface area contributed by atoms with Crippen LogP contribution < -0.4 is 16.8 Å². The van der Waals surface area contributed by atoms with E-state index in [0.29, 0.717) is 16.5 Å². The number of carbonyl (C=O) groups is 1. The highest BCUT2D eigenvalue weighted by Crippen LogP contribution is 2.12. The smallest absolute Gasteiger partial charge is 0.130 e. The molecule has 0 aliphatic rings. The molecule has 5 heteroatoms. The number of allylic oxidation sites excluding steroid dienone is 2. The monoisotopic (exact) mass is 201 g/mol. The Hall–Kier alpha value is -1.10. The quantitative estimate of drug-likeness (QED) is 0.435. The molecular formula is C8H15N3OS. The van der Waals surface area contributed by atoms with Crippen molar-refractivity contribution in [3.63, 3.8) is 0 Å². The minimum absolute atomic E-state index is 0.356. The van der Waals surface area contributed by atoms with Gasteiger partial charge in [-0.25, -0.2) is 0 Å². The third-order valence-corrected chi connectivity index (χ3v) is 2.05. The van der Waals surface area contributed by atoms with Gasteiger partial charge in [-0.3, -0.25) is 0 Å². The van der Waals surface area contributed by atoms with Crippen molar-refractivity contribution < 1.29 is 4.79 Å². The van der Waals surface area contributed by atoms with E-state index in [1.54, 1.807) is 20.0 Å². The molecule has 0 aliphatic heterocycles. The van der Waals surface area contributed by atoms with E-state index in [4.69, 9.17) is 11.5 Å². The minimum Gasteiger partial charge on any atom is -0.402 e. The predicted octanol–water partition coefficient (Wildman–Crippen LogP) is 0.128. The lowest BCUT2D eigenvalue weighted by molar-refractivity contribution is -0.105. The van der Waals surface area contributed by atoms with Crippen molar-refractivity contribution in [1.29, 1.82) is 0 Å². The molecule has 0 amide bonds.